The molecule has 2 fully saturated rings. The SMILES string of the molecule is CC(C)OC(=O)N1C[C@H](C)N(C(=O)C2CC2)c2ccc(-c3cnn(C4CC4)c3)cc21. The van der Waals surface area contributed by atoms with Crippen LogP contribution in [-0.4, -0.2) is 40.5 Å². The lowest BCUT2D eigenvalue weighted by Crippen LogP contribution is -2.52. The van der Waals surface area contributed by atoms with Crippen LogP contribution in [0, 0.1) is 5.92 Å². The van der Waals surface area contributed by atoms with Crippen LogP contribution in [0.5, 0.6) is 0 Å². The zero-order valence-corrected chi connectivity index (χ0v) is 17.7. The van der Waals surface area contributed by atoms with Crippen molar-refractivity contribution in [3.63, 3.8) is 0 Å². The van der Waals surface area contributed by atoms with Crippen molar-refractivity contribution in [2.75, 3.05) is 16.3 Å². The van der Waals surface area contributed by atoms with Crippen LogP contribution in [0.15, 0.2) is 30.6 Å². The minimum absolute atomic E-state index is 0.103. The van der Waals surface area contributed by atoms with Gasteiger partial charge in [0.2, 0.25) is 5.91 Å². The highest BCUT2D eigenvalue weighted by Crippen LogP contribution is 2.43. The number of rotatable bonds is 4. The Morgan fingerprint density at radius 2 is 1.87 bits per heavy atom. The number of anilines is 2. The van der Waals surface area contributed by atoms with Crippen molar-refractivity contribution in [2.45, 2.75) is 64.6 Å². The molecular weight excluding hydrogens is 380 g/mol. The lowest BCUT2D eigenvalue weighted by molar-refractivity contribution is -0.120. The number of ether oxygens (including phenoxy) is 1. The predicted octanol–water partition coefficient (Wildman–Crippen LogP) is 4.38. The molecule has 0 saturated heterocycles. The Bertz CT molecular complexity index is 990. The van der Waals surface area contributed by atoms with Crippen LogP contribution < -0.4 is 9.80 Å². The number of hydrogen-bond donors (Lipinski definition) is 0. The molecule has 0 bridgehead atoms. The van der Waals surface area contributed by atoms with Crippen LogP contribution >= 0.6 is 0 Å². The van der Waals surface area contributed by atoms with E-state index in [1.165, 1.54) is 12.8 Å². The van der Waals surface area contributed by atoms with Gasteiger partial charge in [0, 0.05) is 24.2 Å². The van der Waals surface area contributed by atoms with Gasteiger partial charge in [0.25, 0.3) is 0 Å². The van der Waals surface area contributed by atoms with Crippen molar-refractivity contribution < 1.29 is 14.3 Å². The smallest absolute Gasteiger partial charge is 0.414 e. The molecule has 0 spiro atoms. The zero-order chi connectivity index (χ0) is 21.0. The van der Waals surface area contributed by atoms with E-state index < -0.39 is 0 Å². The Labute approximate surface area is 176 Å². The van der Waals surface area contributed by atoms with Crippen molar-refractivity contribution in [1.29, 1.82) is 0 Å². The highest BCUT2D eigenvalue weighted by atomic mass is 16.6. The monoisotopic (exact) mass is 408 g/mol. The average molecular weight is 409 g/mol. The molecule has 2 aliphatic carbocycles. The van der Waals surface area contributed by atoms with Crippen LogP contribution in [0.1, 0.15) is 52.5 Å². The Morgan fingerprint density at radius 1 is 1.10 bits per heavy atom. The van der Waals surface area contributed by atoms with E-state index in [-0.39, 0.29) is 30.1 Å². The zero-order valence-electron chi connectivity index (χ0n) is 17.7. The van der Waals surface area contributed by atoms with Crippen molar-refractivity contribution in [1.82, 2.24) is 9.78 Å². The van der Waals surface area contributed by atoms with Crippen LogP contribution in [-0.2, 0) is 9.53 Å². The van der Waals surface area contributed by atoms with Crippen LogP contribution in [0.3, 0.4) is 0 Å². The Kier molecular flexibility index (Phi) is 4.56. The number of hydrogen-bond acceptors (Lipinski definition) is 4. The first kappa shape index (κ1) is 19.2. The third-order valence-electron chi connectivity index (χ3n) is 5.99. The predicted molar refractivity (Wildman–Crippen MR) is 115 cm³/mol. The largest absolute Gasteiger partial charge is 0.446 e. The highest BCUT2D eigenvalue weighted by Gasteiger charge is 2.41. The summed E-state index contributed by atoms with van der Waals surface area (Å²) >= 11 is 0. The van der Waals surface area contributed by atoms with Gasteiger partial charge in [-0.25, -0.2) is 4.79 Å². The second kappa shape index (κ2) is 7.15. The fourth-order valence-electron chi connectivity index (χ4n) is 4.13. The lowest BCUT2D eigenvalue weighted by atomic mass is 10.0. The van der Waals surface area contributed by atoms with Gasteiger partial charge in [0.15, 0.2) is 0 Å². The topological polar surface area (TPSA) is 67.7 Å². The standard InChI is InChI=1S/C23H28N4O3/c1-14(2)30-23(29)25-12-15(3)27(22(28)16-4-5-16)20-9-6-17(10-21(20)25)18-11-24-26(13-18)19-7-8-19/h6,9-11,13-16,19H,4-5,7-8,12H2,1-3H3/t15-/m0/s1. The Morgan fingerprint density at radius 3 is 2.53 bits per heavy atom. The van der Waals surface area contributed by atoms with E-state index >= 15 is 0 Å². The Balaban J connectivity index is 1.54. The summed E-state index contributed by atoms with van der Waals surface area (Å²) < 4.78 is 7.53. The molecule has 2 saturated carbocycles. The molecule has 1 aromatic heterocycles. The van der Waals surface area contributed by atoms with Gasteiger partial charge in [-0.3, -0.25) is 14.4 Å². The van der Waals surface area contributed by atoms with E-state index in [4.69, 9.17) is 4.74 Å². The van der Waals surface area contributed by atoms with E-state index in [2.05, 4.69) is 11.3 Å². The van der Waals surface area contributed by atoms with E-state index in [9.17, 15) is 9.59 Å². The molecule has 0 unspecified atom stereocenters. The molecule has 1 atom stereocenters. The molecule has 2 aromatic rings. The average Bonchev–Trinajstić information content (AvgIpc) is 3.64. The molecule has 2 amide bonds. The quantitative estimate of drug-likeness (QED) is 0.753. The maximum Gasteiger partial charge on any atom is 0.414 e. The highest BCUT2D eigenvalue weighted by molar-refractivity contribution is 6.05. The van der Waals surface area contributed by atoms with Crippen molar-refractivity contribution in [2.24, 2.45) is 5.92 Å². The summed E-state index contributed by atoms with van der Waals surface area (Å²) in [6.45, 7) is 6.10. The van der Waals surface area contributed by atoms with Gasteiger partial charge >= 0.3 is 6.09 Å². The summed E-state index contributed by atoms with van der Waals surface area (Å²) in [6, 6.07) is 6.38. The van der Waals surface area contributed by atoms with Crippen molar-refractivity contribution in [3.8, 4) is 11.1 Å². The number of carbonyl (C=O) groups excluding carboxylic acids is 2. The van der Waals surface area contributed by atoms with Gasteiger partial charge < -0.3 is 9.64 Å². The number of fused-ring (bicyclic) bond motifs is 1. The number of aromatic nitrogens is 2. The van der Waals surface area contributed by atoms with Crippen LogP contribution in [0.4, 0.5) is 16.2 Å². The van der Waals surface area contributed by atoms with Gasteiger partial charge in [0.1, 0.15) is 0 Å². The first-order valence-corrected chi connectivity index (χ1v) is 10.9. The molecule has 1 aromatic carbocycles. The molecule has 2 heterocycles. The summed E-state index contributed by atoms with van der Waals surface area (Å²) in [5.41, 5.74) is 3.51. The molecule has 158 valence electrons. The minimum atomic E-state index is -0.373. The summed E-state index contributed by atoms with van der Waals surface area (Å²) in [5.74, 6) is 0.279. The van der Waals surface area contributed by atoms with Gasteiger partial charge in [0.05, 0.1) is 35.8 Å². The number of benzene rings is 1. The first-order chi connectivity index (χ1) is 14.4. The van der Waals surface area contributed by atoms with Crippen molar-refractivity contribution >= 4 is 23.4 Å². The molecule has 7 heteroatoms. The van der Waals surface area contributed by atoms with E-state index in [1.807, 2.05) is 54.7 Å². The van der Waals surface area contributed by atoms with Gasteiger partial charge in [-0.1, -0.05) is 6.07 Å². The number of nitrogens with zero attached hydrogens (tertiary/aromatic N) is 4. The lowest BCUT2D eigenvalue weighted by Gasteiger charge is -2.41. The summed E-state index contributed by atoms with van der Waals surface area (Å²) in [7, 11) is 0. The molecule has 0 N–H and O–H groups in total. The summed E-state index contributed by atoms with van der Waals surface area (Å²) in [4.78, 5) is 29.4. The number of carbonyl (C=O) groups is 2. The fourth-order valence-corrected chi connectivity index (χ4v) is 4.13. The van der Waals surface area contributed by atoms with Crippen LogP contribution in [0.2, 0.25) is 0 Å². The van der Waals surface area contributed by atoms with Crippen molar-refractivity contribution in [3.05, 3.63) is 30.6 Å². The van der Waals surface area contributed by atoms with E-state index in [0.717, 1.165) is 35.3 Å². The maximum absolute atomic E-state index is 13.0. The normalized spacial score (nSPS) is 21.0. The number of amides is 2. The minimum Gasteiger partial charge on any atom is -0.446 e. The molecule has 1 aliphatic heterocycles. The van der Waals surface area contributed by atoms with E-state index in [0.29, 0.717) is 12.6 Å². The summed E-state index contributed by atoms with van der Waals surface area (Å²) in [6.07, 6.45) is 7.62. The third kappa shape index (κ3) is 3.46. The fraction of sp³-hybridized carbons (Fsp3) is 0.522. The molecular formula is C23H28N4O3. The Hall–Kier alpha value is -2.83. The second-order valence-corrected chi connectivity index (χ2v) is 9.02. The molecule has 3 aliphatic rings. The first-order valence-electron chi connectivity index (χ1n) is 10.9. The molecule has 0 radical (unpaired) electrons. The van der Waals surface area contributed by atoms with E-state index in [1.54, 1.807) is 4.90 Å². The van der Waals surface area contributed by atoms with Gasteiger partial charge in [-0.15, -0.1) is 0 Å². The third-order valence-corrected chi connectivity index (χ3v) is 5.99. The second-order valence-electron chi connectivity index (χ2n) is 9.02. The maximum atomic E-state index is 13.0. The molecule has 5 rings (SSSR count). The summed E-state index contributed by atoms with van der Waals surface area (Å²) in [5, 5.41) is 4.49. The van der Waals surface area contributed by atoms with Gasteiger partial charge in [-0.05, 0) is 64.2 Å². The molecule has 30 heavy (non-hydrogen) atoms. The molecule has 7 nitrogen and oxygen atoms in total. The van der Waals surface area contributed by atoms with Crippen LogP contribution in [0.25, 0.3) is 11.1 Å². The van der Waals surface area contributed by atoms with Gasteiger partial charge in [-0.2, -0.15) is 5.10 Å².